The number of nitrogens with one attached hydrogen (secondary N) is 2. The van der Waals surface area contributed by atoms with Gasteiger partial charge in [-0.15, -0.1) is 0 Å². The van der Waals surface area contributed by atoms with Gasteiger partial charge in [0.25, 0.3) is 0 Å². The molecule has 3 nitrogen and oxygen atoms in total. The van der Waals surface area contributed by atoms with Crippen LogP contribution in [0.1, 0.15) is 85.5 Å². The van der Waals surface area contributed by atoms with E-state index in [2.05, 4.69) is 38.3 Å². The lowest BCUT2D eigenvalue weighted by Gasteiger charge is -2.28. The van der Waals surface area contributed by atoms with Crippen LogP contribution in [0, 0.1) is 17.8 Å². The monoisotopic (exact) mass is 324 g/mol. The molecule has 0 saturated heterocycles. The van der Waals surface area contributed by atoms with Gasteiger partial charge in [0.2, 0.25) is 5.91 Å². The minimum Gasteiger partial charge on any atom is -0.356 e. The third-order valence-electron chi connectivity index (χ3n) is 5.16. The molecule has 1 rings (SSSR count). The molecule has 0 aromatic carbocycles. The molecular formula is C20H40N2O. The number of carbonyl (C=O) groups excluding carboxylic acids is 1. The van der Waals surface area contributed by atoms with Crippen LogP contribution < -0.4 is 10.6 Å². The Labute approximate surface area is 144 Å². The van der Waals surface area contributed by atoms with Crippen molar-refractivity contribution in [2.24, 2.45) is 17.8 Å². The molecule has 1 aliphatic carbocycles. The average Bonchev–Trinajstić information content (AvgIpc) is 2.52. The Hall–Kier alpha value is -0.570. The lowest BCUT2D eigenvalue weighted by atomic mass is 9.79. The fourth-order valence-electron chi connectivity index (χ4n) is 3.62. The van der Waals surface area contributed by atoms with Crippen LogP contribution in [0.4, 0.5) is 0 Å². The number of hydrogen-bond acceptors (Lipinski definition) is 2. The van der Waals surface area contributed by atoms with Gasteiger partial charge in [-0.2, -0.15) is 0 Å². The van der Waals surface area contributed by atoms with Crippen LogP contribution in [0.2, 0.25) is 0 Å². The molecule has 1 unspecified atom stereocenters. The van der Waals surface area contributed by atoms with Gasteiger partial charge in [0.05, 0.1) is 0 Å². The highest BCUT2D eigenvalue weighted by atomic mass is 16.1. The first-order valence-corrected chi connectivity index (χ1v) is 10.0. The minimum absolute atomic E-state index is 0.209. The fraction of sp³-hybridized carbons (Fsp3) is 0.950. The second kappa shape index (κ2) is 11.9. The van der Waals surface area contributed by atoms with Crippen LogP contribution in [0.3, 0.4) is 0 Å². The van der Waals surface area contributed by atoms with Crippen molar-refractivity contribution < 1.29 is 4.79 Å². The predicted molar refractivity (Wildman–Crippen MR) is 99.5 cm³/mol. The number of hydrogen-bond donors (Lipinski definition) is 2. The first-order valence-electron chi connectivity index (χ1n) is 10.0. The summed E-state index contributed by atoms with van der Waals surface area (Å²) in [5.74, 6) is 1.74. The van der Waals surface area contributed by atoms with Gasteiger partial charge in [-0.05, 0) is 37.6 Å². The van der Waals surface area contributed by atoms with E-state index in [1.54, 1.807) is 0 Å². The van der Waals surface area contributed by atoms with Crippen molar-refractivity contribution in [2.45, 2.75) is 91.5 Å². The number of carbonyl (C=O) groups is 1. The SMILES string of the molecule is CC(C)NCCCCCNC(=O)C(CC1CCCCC1)C(C)C. The Morgan fingerprint density at radius 2 is 1.61 bits per heavy atom. The van der Waals surface area contributed by atoms with Crippen LogP contribution >= 0.6 is 0 Å². The Balaban J connectivity index is 2.18. The van der Waals surface area contributed by atoms with E-state index in [1.807, 2.05) is 0 Å². The molecule has 136 valence electrons. The summed E-state index contributed by atoms with van der Waals surface area (Å²) in [5, 5.41) is 6.63. The molecule has 0 radical (unpaired) electrons. The maximum Gasteiger partial charge on any atom is 0.223 e. The van der Waals surface area contributed by atoms with Crippen LogP contribution in [0.5, 0.6) is 0 Å². The molecule has 0 heterocycles. The quantitative estimate of drug-likeness (QED) is 0.549. The van der Waals surface area contributed by atoms with Crippen molar-refractivity contribution in [1.29, 1.82) is 0 Å². The molecule has 0 aromatic rings. The number of unbranched alkanes of at least 4 members (excludes halogenated alkanes) is 2. The highest BCUT2D eigenvalue weighted by Gasteiger charge is 2.26. The van der Waals surface area contributed by atoms with E-state index >= 15 is 0 Å². The first-order chi connectivity index (χ1) is 11.0. The summed E-state index contributed by atoms with van der Waals surface area (Å²) in [6.45, 7) is 10.7. The zero-order valence-corrected chi connectivity index (χ0v) is 16.0. The van der Waals surface area contributed by atoms with Crippen LogP contribution in [0.25, 0.3) is 0 Å². The zero-order chi connectivity index (χ0) is 17.1. The molecule has 3 heteroatoms. The molecule has 1 saturated carbocycles. The smallest absolute Gasteiger partial charge is 0.223 e. The lowest BCUT2D eigenvalue weighted by Crippen LogP contribution is -2.35. The maximum atomic E-state index is 12.5. The minimum atomic E-state index is 0.209. The number of amides is 1. The van der Waals surface area contributed by atoms with Crippen molar-refractivity contribution in [3.05, 3.63) is 0 Å². The molecule has 0 aliphatic heterocycles. The normalized spacial score (nSPS) is 17.7. The summed E-state index contributed by atoms with van der Waals surface area (Å²) in [4.78, 5) is 12.5. The van der Waals surface area contributed by atoms with Gasteiger partial charge in [0.1, 0.15) is 0 Å². The van der Waals surface area contributed by atoms with Gasteiger partial charge in [-0.1, -0.05) is 66.2 Å². The number of rotatable bonds is 11. The topological polar surface area (TPSA) is 41.1 Å². The summed E-state index contributed by atoms with van der Waals surface area (Å²) < 4.78 is 0. The molecule has 23 heavy (non-hydrogen) atoms. The van der Waals surface area contributed by atoms with Gasteiger partial charge < -0.3 is 10.6 Å². The molecule has 1 amide bonds. The Bertz CT molecular complexity index is 309. The molecule has 0 spiro atoms. The highest BCUT2D eigenvalue weighted by molar-refractivity contribution is 5.78. The summed E-state index contributed by atoms with van der Waals surface area (Å²) in [7, 11) is 0. The summed E-state index contributed by atoms with van der Waals surface area (Å²) in [6.07, 6.45) is 11.4. The molecule has 0 aromatic heterocycles. The molecule has 2 N–H and O–H groups in total. The van der Waals surface area contributed by atoms with Crippen molar-refractivity contribution >= 4 is 5.91 Å². The summed E-state index contributed by atoms with van der Waals surface area (Å²) >= 11 is 0. The first kappa shape index (κ1) is 20.5. The van der Waals surface area contributed by atoms with Crippen LogP contribution in [-0.4, -0.2) is 25.0 Å². The van der Waals surface area contributed by atoms with E-state index in [0.717, 1.165) is 31.8 Å². The molecule has 0 bridgehead atoms. The van der Waals surface area contributed by atoms with Crippen molar-refractivity contribution in [2.75, 3.05) is 13.1 Å². The highest BCUT2D eigenvalue weighted by Crippen LogP contribution is 2.31. The molecule has 1 fully saturated rings. The van der Waals surface area contributed by atoms with Gasteiger partial charge in [0.15, 0.2) is 0 Å². The lowest BCUT2D eigenvalue weighted by molar-refractivity contribution is -0.127. The Kier molecular flexibility index (Phi) is 10.6. The van der Waals surface area contributed by atoms with E-state index < -0.39 is 0 Å². The van der Waals surface area contributed by atoms with Gasteiger partial charge in [-0.3, -0.25) is 4.79 Å². The van der Waals surface area contributed by atoms with Gasteiger partial charge in [0, 0.05) is 18.5 Å². The Morgan fingerprint density at radius 1 is 0.957 bits per heavy atom. The van der Waals surface area contributed by atoms with Crippen LogP contribution in [0.15, 0.2) is 0 Å². The van der Waals surface area contributed by atoms with Crippen LogP contribution in [-0.2, 0) is 4.79 Å². The van der Waals surface area contributed by atoms with Crippen molar-refractivity contribution in [3.8, 4) is 0 Å². The molecule has 1 atom stereocenters. The molecule has 1 aliphatic rings. The fourth-order valence-corrected chi connectivity index (χ4v) is 3.62. The third-order valence-corrected chi connectivity index (χ3v) is 5.16. The predicted octanol–water partition coefficient (Wildman–Crippen LogP) is 4.51. The maximum absolute atomic E-state index is 12.5. The van der Waals surface area contributed by atoms with E-state index in [-0.39, 0.29) is 5.92 Å². The second-order valence-electron chi connectivity index (χ2n) is 8.05. The standard InChI is InChI=1S/C20H40N2O/c1-16(2)19(15-18-11-7-5-8-12-18)20(23)22-14-10-6-9-13-21-17(3)4/h16-19,21H,5-15H2,1-4H3,(H,22,23). The summed E-state index contributed by atoms with van der Waals surface area (Å²) in [5.41, 5.74) is 0. The Morgan fingerprint density at radius 3 is 2.22 bits per heavy atom. The van der Waals surface area contributed by atoms with E-state index in [0.29, 0.717) is 17.9 Å². The average molecular weight is 325 g/mol. The van der Waals surface area contributed by atoms with Gasteiger partial charge >= 0.3 is 0 Å². The van der Waals surface area contributed by atoms with E-state index in [4.69, 9.17) is 0 Å². The third kappa shape index (κ3) is 9.34. The van der Waals surface area contributed by atoms with E-state index in [1.165, 1.54) is 44.9 Å². The van der Waals surface area contributed by atoms with Gasteiger partial charge in [-0.25, -0.2) is 0 Å². The largest absolute Gasteiger partial charge is 0.356 e. The second-order valence-corrected chi connectivity index (χ2v) is 8.05. The van der Waals surface area contributed by atoms with Crippen molar-refractivity contribution in [3.63, 3.8) is 0 Å². The zero-order valence-electron chi connectivity index (χ0n) is 16.0. The van der Waals surface area contributed by atoms with E-state index in [9.17, 15) is 4.79 Å². The summed E-state index contributed by atoms with van der Waals surface area (Å²) in [6, 6.07) is 0.571. The van der Waals surface area contributed by atoms with Crippen molar-refractivity contribution in [1.82, 2.24) is 10.6 Å². The molecular weight excluding hydrogens is 284 g/mol.